The van der Waals surface area contributed by atoms with Crippen molar-refractivity contribution in [2.24, 2.45) is 0 Å². The lowest BCUT2D eigenvalue weighted by atomic mass is 9.72. The van der Waals surface area contributed by atoms with Crippen molar-refractivity contribution in [1.82, 2.24) is 5.32 Å². The van der Waals surface area contributed by atoms with Gasteiger partial charge in [0.15, 0.2) is 5.78 Å². The first kappa shape index (κ1) is 24.8. The highest BCUT2D eigenvalue weighted by atomic mass is 35.5. The van der Waals surface area contributed by atoms with E-state index < -0.39 is 11.9 Å². The molecule has 0 amide bonds. The summed E-state index contributed by atoms with van der Waals surface area (Å²) in [6.07, 6.45) is 1.04. The summed E-state index contributed by atoms with van der Waals surface area (Å²) in [7, 11) is 1.36. The van der Waals surface area contributed by atoms with Gasteiger partial charge in [0.2, 0.25) is 0 Å². The summed E-state index contributed by atoms with van der Waals surface area (Å²) in [6, 6.07) is 25.2. The van der Waals surface area contributed by atoms with Gasteiger partial charge in [-0.15, -0.1) is 0 Å². The molecule has 0 bridgehead atoms. The highest BCUT2D eigenvalue weighted by molar-refractivity contribution is 6.30. The molecule has 3 aromatic rings. The van der Waals surface area contributed by atoms with Crippen LogP contribution >= 0.6 is 11.6 Å². The highest BCUT2D eigenvalue weighted by Crippen LogP contribution is 2.46. The molecule has 2 unspecified atom stereocenters. The Kier molecular flexibility index (Phi) is 7.15. The monoisotopic (exact) mass is 513 g/mol. The number of carbonyl (C=O) groups excluding carboxylic acids is 2. The number of allylic oxidation sites excluding steroid dienone is 3. The lowest BCUT2D eigenvalue weighted by molar-refractivity contribution is -0.136. The minimum Gasteiger partial charge on any atom is -0.489 e. The molecule has 188 valence electrons. The van der Waals surface area contributed by atoms with Gasteiger partial charge >= 0.3 is 5.97 Å². The minimum absolute atomic E-state index is 0.0250. The molecule has 1 aliphatic heterocycles. The second-order valence-electron chi connectivity index (χ2n) is 9.40. The maximum absolute atomic E-state index is 13.6. The molecule has 3 aromatic carbocycles. The Morgan fingerprint density at radius 1 is 0.946 bits per heavy atom. The van der Waals surface area contributed by atoms with Crippen molar-refractivity contribution < 1.29 is 19.1 Å². The fraction of sp³-hybridized carbons (Fsp3) is 0.226. The van der Waals surface area contributed by atoms with Crippen LogP contribution in [0.2, 0.25) is 5.02 Å². The van der Waals surface area contributed by atoms with E-state index in [-0.39, 0.29) is 11.7 Å². The number of Topliss-reactive ketones (excluding diaryl/α,β-unsaturated/α-hetero) is 1. The van der Waals surface area contributed by atoms with E-state index in [9.17, 15) is 9.59 Å². The van der Waals surface area contributed by atoms with Gasteiger partial charge in [0.1, 0.15) is 12.4 Å². The number of carbonyl (C=O) groups is 2. The quantitative estimate of drug-likeness (QED) is 0.383. The summed E-state index contributed by atoms with van der Waals surface area (Å²) in [6.45, 7) is 2.32. The summed E-state index contributed by atoms with van der Waals surface area (Å²) in [5.41, 5.74) is 5.64. The van der Waals surface area contributed by atoms with Crippen molar-refractivity contribution >= 4 is 23.4 Å². The molecular formula is C31H28ClNO4. The van der Waals surface area contributed by atoms with Crippen LogP contribution in [0.4, 0.5) is 0 Å². The van der Waals surface area contributed by atoms with E-state index in [2.05, 4.69) is 5.32 Å². The second kappa shape index (κ2) is 10.7. The predicted octanol–water partition coefficient (Wildman–Crippen LogP) is 6.45. The Hall–Kier alpha value is -3.83. The third-order valence-corrected chi connectivity index (χ3v) is 7.29. The number of dihydropyridines is 1. The van der Waals surface area contributed by atoms with Gasteiger partial charge in [0.05, 0.1) is 12.7 Å². The zero-order valence-corrected chi connectivity index (χ0v) is 21.5. The molecule has 37 heavy (non-hydrogen) atoms. The van der Waals surface area contributed by atoms with Crippen LogP contribution in [0.5, 0.6) is 5.75 Å². The number of ether oxygens (including phenoxy) is 2. The average molecular weight is 514 g/mol. The fourth-order valence-corrected chi connectivity index (χ4v) is 5.35. The predicted molar refractivity (Wildman–Crippen MR) is 143 cm³/mol. The topological polar surface area (TPSA) is 64.6 Å². The molecule has 6 heteroatoms. The fourth-order valence-electron chi connectivity index (χ4n) is 5.22. The van der Waals surface area contributed by atoms with E-state index in [1.54, 1.807) is 0 Å². The summed E-state index contributed by atoms with van der Waals surface area (Å²) >= 11 is 6.07. The molecule has 0 aromatic heterocycles. The SMILES string of the molecule is COC(=O)C1=C(C)NC2=C(C(=O)CC(c3ccc(Cl)cc3)C2)C1c1ccc(OCc2ccccc2)cc1. The molecular weight excluding hydrogens is 486 g/mol. The van der Waals surface area contributed by atoms with Crippen LogP contribution in [0.1, 0.15) is 48.3 Å². The molecule has 2 atom stereocenters. The highest BCUT2D eigenvalue weighted by Gasteiger charge is 2.41. The Labute approximate surface area is 221 Å². The largest absolute Gasteiger partial charge is 0.489 e. The van der Waals surface area contributed by atoms with Crippen LogP contribution in [-0.4, -0.2) is 18.9 Å². The van der Waals surface area contributed by atoms with Crippen molar-refractivity contribution in [3.8, 4) is 5.75 Å². The molecule has 0 spiro atoms. The lowest BCUT2D eigenvalue weighted by Gasteiger charge is -2.36. The summed E-state index contributed by atoms with van der Waals surface area (Å²) in [4.78, 5) is 26.5. The molecule has 5 nitrogen and oxygen atoms in total. The zero-order valence-electron chi connectivity index (χ0n) is 20.8. The molecule has 2 aliphatic rings. The normalized spacial score (nSPS) is 19.3. The minimum atomic E-state index is -0.509. The molecule has 0 fully saturated rings. The van der Waals surface area contributed by atoms with E-state index in [4.69, 9.17) is 21.1 Å². The van der Waals surface area contributed by atoms with Gasteiger partial charge in [-0.1, -0.05) is 66.2 Å². The van der Waals surface area contributed by atoms with E-state index in [1.165, 1.54) is 7.11 Å². The van der Waals surface area contributed by atoms with Crippen LogP contribution in [0.15, 0.2) is 101 Å². The van der Waals surface area contributed by atoms with Crippen molar-refractivity contribution in [2.45, 2.75) is 38.2 Å². The van der Waals surface area contributed by atoms with E-state index in [1.807, 2.05) is 85.8 Å². The van der Waals surface area contributed by atoms with E-state index in [0.717, 1.165) is 22.4 Å². The van der Waals surface area contributed by atoms with Gasteiger partial charge in [-0.2, -0.15) is 0 Å². The number of ketones is 1. The standard InChI is InChI=1S/C31H28ClNO4/c1-19-28(31(35)36-2)29(22-10-14-25(15-11-22)37-18-20-6-4-3-5-7-20)30-26(33-19)16-23(17-27(30)34)21-8-12-24(32)13-9-21/h3-15,23,29,33H,16-18H2,1-2H3. The number of methoxy groups -OCH3 is 1. The summed E-state index contributed by atoms with van der Waals surface area (Å²) in [5, 5.41) is 4.03. The number of halogens is 1. The molecule has 1 heterocycles. The second-order valence-corrected chi connectivity index (χ2v) is 9.84. The van der Waals surface area contributed by atoms with Crippen molar-refractivity contribution in [3.05, 3.63) is 123 Å². The van der Waals surface area contributed by atoms with Crippen LogP contribution in [0.25, 0.3) is 0 Å². The van der Waals surface area contributed by atoms with Gasteiger partial charge in [0, 0.05) is 34.3 Å². The average Bonchev–Trinajstić information content (AvgIpc) is 2.92. The van der Waals surface area contributed by atoms with E-state index in [0.29, 0.717) is 47.1 Å². The first-order valence-electron chi connectivity index (χ1n) is 12.3. The lowest BCUT2D eigenvalue weighted by Crippen LogP contribution is -2.36. The first-order chi connectivity index (χ1) is 17.9. The van der Waals surface area contributed by atoms with Gasteiger partial charge in [-0.3, -0.25) is 4.79 Å². The maximum atomic E-state index is 13.6. The molecule has 1 N–H and O–H groups in total. The third-order valence-electron chi connectivity index (χ3n) is 7.04. The first-order valence-corrected chi connectivity index (χ1v) is 12.7. The maximum Gasteiger partial charge on any atom is 0.336 e. The summed E-state index contributed by atoms with van der Waals surface area (Å²) < 4.78 is 11.1. The number of benzene rings is 3. The molecule has 0 saturated carbocycles. The van der Waals surface area contributed by atoms with Crippen molar-refractivity contribution in [2.75, 3.05) is 7.11 Å². The Morgan fingerprint density at radius 2 is 1.62 bits per heavy atom. The van der Waals surface area contributed by atoms with Gasteiger partial charge in [0.25, 0.3) is 0 Å². The van der Waals surface area contributed by atoms with Gasteiger partial charge in [-0.25, -0.2) is 4.79 Å². The van der Waals surface area contributed by atoms with E-state index >= 15 is 0 Å². The molecule has 0 radical (unpaired) electrons. The summed E-state index contributed by atoms with van der Waals surface area (Å²) in [5.74, 6) is -0.173. The van der Waals surface area contributed by atoms with Crippen LogP contribution < -0.4 is 10.1 Å². The smallest absolute Gasteiger partial charge is 0.336 e. The number of nitrogens with one attached hydrogen (secondary N) is 1. The molecule has 5 rings (SSSR count). The Balaban J connectivity index is 1.46. The van der Waals surface area contributed by atoms with Crippen LogP contribution in [0, 0.1) is 0 Å². The Morgan fingerprint density at radius 3 is 2.30 bits per heavy atom. The number of hydrogen-bond donors (Lipinski definition) is 1. The zero-order chi connectivity index (χ0) is 25.9. The van der Waals surface area contributed by atoms with Crippen molar-refractivity contribution in [3.63, 3.8) is 0 Å². The number of esters is 1. The molecule has 0 saturated heterocycles. The number of hydrogen-bond acceptors (Lipinski definition) is 5. The molecule has 1 aliphatic carbocycles. The Bertz CT molecular complexity index is 1370. The van der Waals surface area contributed by atoms with Crippen LogP contribution in [-0.2, 0) is 20.9 Å². The number of rotatable bonds is 6. The van der Waals surface area contributed by atoms with Gasteiger partial charge < -0.3 is 14.8 Å². The van der Waals surface area contributed by atoms with Crippen LogP contribution in [0.3, 0.4) is 0 Å². The third kappa shape index (κ3) is 5.18. The van der Waals surface area contributed by atoms with Gasteiger partial charge in [-0.05, 0) is 60.2 Å². The van der Waals surface area contributed by atoms with Crippen molar-refractivity contribution in [1.29, 1.82) is 0 Å².